The lowest BCUT2D eigenvalue weighted by molar-refractivity contribution is -0.122. The number of thiocarbonyl (C=S) groups is 1. The quantitative estimate of drug-likeness (QED) is 0.491. The van der Waals surface area contributed by atoms with Crippen molar-refractivity contribution >= 4 is 29.1 Å². The monoisotopic (exact) mass is 348 g/mol. The molecule has 0 aliphatic heterocycles. The van der Waals surface area contributed by atoms with Gasteiger partial charge in [0.15, 0.2) is 5.11 Å². The molecule has 1 rings (SSSR count). The number of rotatable bonds is 4. The van der Waals surface area contributed by atoms with Crippen molar-refractivity contribution in [1.29, 1.82) is 0 Å². The topological polar surface area (TPSA) is 24.1 Å². The predicted octanol–water partition coefficient (Wildman–Crippen LogP) is 3.82. The second-order valence-corrected chi connectivity index (χ2v) is 5.39. The molecule has 118 valence electrons. The Bertz CT molecular complexity index is 469. The van der Waals surface area contributed by atoms with Crippen LogP contribution in [0.15, 0.2) is 29.2 Å². The minimum absolute atomic E-state index is 0.0315. The van der Waals surface area contributed by atoms with Crippen molar-refractivity contribution in [3.05, 3.63) is 29.8 Å². The average Bonchev–Trinajstić information content (AvgIpc) is 2.33. The van der Waals surface area contributed by atoms with Crippen molar-refractivity contribution < 1.29 is 26.3 Å². The van der Waals surface area contributed by atoms with E-state index in [-0.39, 0.29) is 28.3 Å². The van der Waals surface area contributed by atoms with Crippen LogP contribution in [0, 0.1) is 0 Å². The molecule has 10 heteroatoms. The molecule has 0 spiro atoms. The number of benzene rings is 1. The van der Waals surface area contributed by atoms with E-state index in [1.165, 1.54) is 24.3 Å². The SMILES string of the molecule is FC(F)(F)CNC(=S)NCc1ccc(SC(F)(F)F)cc1. The molecule has 0 saturated heterocycles. The first-order valence-electron chi connectivity index (χ1n) is 5.48. The van der Waals surface area contributed by atoms with E-state index < -0.39 is 18.2 Å². The summed E-state index contributed by atoms with van der Waals surface area (Å²) < 4.78 is 72.1. The Morgan fingerprint density at radius 1 is 1.00 bits per heavy atom. The smallest absolute Gasteiger partial charge is 0.359 e. The van der Waals surface area contributed by atoms with Crippen LogP contribution in [-0.4, -0.2) is 23.3 Å². The minimum Gasteiger partial charge on any atom is -0.359 e. The van der Waals surface area contributed by atoms with E-state index in [0.717, 1.165) is 0 Å². The van der Waals surface area contributed by atoms with Gasteiger partial charge in [-0.2, -0.15) is 26.3 Å². The summed E-state index contributed by atoms with van der Waals surface area (Å²) in [5.74, 6) is 0. The van der Waals surface area contributed by atoms with Gasteiger partial charge in [0.2, 0.25) is 0 Å². The Morgan fingerprint density at radius 2 is 1.57 bits per heavy atom. The molecule has 21 heavy (non-hydrogen) atoms. The molecule has 0 fully saturated rings. The summed E-state index contributed by atoms with van der Waals surface area (Å²) in [5, 5.41) is 4.33. The molecule has 0 radical (unpaired) electrons. The van der Waals surface area contributed by atoms with Crippen molar-refractivity contribution in [1.82, 2.24) is 10.6 Å². The summed E-state index contributed by atoms with van der Waals surface area (Å²) in [5.41, 5.74) is -3.76. The third kappa shape index (κ3) is 8.66. The summed E-state index contributed by atoms with van der Waals surface area (Å²) in [7, 11) is 0. The first-order valence-corrected chi connectivity index (χ1v) is 6.71. The minimum atomic E-state index is -4.37. The van der Waals surface area contributed by atoms with Crippen molar-refractivity contribution in [3.8, 4) is 0 Å². The molecule has 2 N–H and O–H groups in total. The zero-order valence-electron chi connectivity index (χ0n) is 10.3. The highest BCUT2D eigenvalue weighted by Gasteiger charge is 2.29. The number of alkyl halides is 6. The summed E-state index contributed by atoms with van der Waals surface area (Å²) in [4.78, 5) is 0.0315. The lowest BCUT2D eigenvalue weighted by atomic mass is 10.2. The Labute approximate surface area is 126 Å². The molecule has 0 heterocycles. The van der Waals surface area contributed by atoms with E-state index in [0.29, 0.717) is 5.56 Å². The number of hydrogen-bond donors (Lipinski definition) is 2. The number of thioether (sulfide) groups is 1. The Morgan fingerprint density at radius 3 is 2.05 bits per heavy atom. The van der Waals surface area contributed by atoms with Gasteiger partial charge in [0.05, 0.1) is 0 Å². The molecule has 0 aliphatic rings. The standard InChI is InChI=1S/C11H10F6N2S2/c12-10(13,14)6-19-9(20)18-5-7-1-3-8(4-2-7)21-11(15,16)17/h1-4H,5-6H2,(H2,18,19,20). The highest BCUT2D eigenvalue weighted by molar-refractivity contribution is 8.00. The van der Waals surface area contributed by atoms with E-state index >= 15 is 0 Å². The van der Waals surface area contributed by atoms with Gasteiger partial charge in [0.1, 0.15) is 6.54 Å². The summed E-state index contributed by atoms with van der Waals surface area (Å²) in [6.45, 7) is -1.14. The number of halogens is 6. The van der Waals surface area contributed by atoms with Gasteiger partial charge in [-0.3, -0.25) is 0 Å². The number of nitrogens with one attached hydrogen (secondary N) is 2. The van der Waals surface area contributed by atoms with Crippen LogP contribution in [0.4, 0.5) is 26.3 Å². The molecule has 0 aromatic heterocycles. The van der Waals surface area contributed by atoms with Gasteiger partial charge in [-0.25, -0.2) is 0 Å². The highest BCUT2D eigenvalue weighted by Crippen LogP contribution is 2.36. The second kappa shape index (κ2) is 7.21. The molecule has 1 aromatic carbocycles. The van der Waals surface area contributed by atoms with Crippen LogP contribution in [0.2, 0.25) is 0 Å². The van der Waals surface area contributed by atoms with Gasteiger partial charge in [0.25, 0.3) is 0 Å². The molecule has 2 nitrogen and oxygen atoms in total. The summed E-state index contributed by atoms with van der Waals surface area (Å²) >= 11 is 4.40. The van der Waals surface area contributed by atoms with Crippen LogP contribution in [0.1, 0.15) is 5.56 Å². The van der Waals surface area contributed by atoms with Crippen LogP contribution in [0.25, 0.3) is 0 Å². The Kier molecular flexibility index (Phi) is 6.14. The third-order valence-electron chi connectivity index (χ3n) is 2.06. The maximum Gasteiger partial charge on any atom is 0.446 e. The van der Waals surface area contributed by atoms with Gasteiger partial charge in [-0.05, 0) is 41.7 Å². The first kappa shape index (κ1) is 17.9. The third-order valence-corrected chi connectivity index (χ3v) is 3.09. The molecule has 1 aromatic rings. The van der Waals surface area contributed by atoms with Gasteiger partial charge < -0.3 is 10.6 Å². The highest BCUT2D eigenvalue weighted by atomic mass is 32.2. The maximum atomic E-state index is 12.1. The van der Waals surface area contributed by atoms with E-state index in [9.17, 15) is 26.3 Å². The van der Waals surface area contributed by atoms with E-state index in [1.54, 1.807) is 0 Å². The average molecular weight is 348 g/mol. The molecule has 0 amide bonds. The van der Waals surface area contributed by atoms with E-state index in [2.05, 4.69) is 17.5 Å². The summed E-state index contributed by atoms with van der Waals surface area (Å²) in [6.07, 6.45) is -4.37. The van der Waals surface area contributed by atoms with Crippen molar-refractivity contribution in [2.45, 2.75) is 23.1 Å². The normalized spacial score (nSPS) is 12.1. The van der Waals surface area contributed by atoms with E-state index in [1.807, 2.05) is 5.32 Å². The van der Waals surface area contributed by atoms with Crippen LogP contribution in [0.3, 0.4) is 0 Å². The van der Waals surface area contributed by atoms with Gasteiger partial charge in [-0.15, -0.1) is 0 Å². The zero-order valence-corrected chi connectivity index (χ0v) is 11.9. The number of hydrogen-bond acceptors (Lipinski definition) is 2. The largest absolute Gasteiger partial charge is 0.446 e. The van der Waals surface area contributed by atoms with Gasteiger partial charge in [0, 0.05) is 11.4 Å². The van der Waals surface area contributed by atoms with Gasteiger partial charge >= 0.3 is 11.7 Å². The Balaban J connectivity index is 2.41. The lowest BCUT2D eigenvalue weighted by Crippen LogP contribution is -2.40. The fourth-order valence-corrected chi connectivity index (χ4v) is 1.92. The van der Waals surface area contributed by atoms with Crippen LogP contribution in [0.5, 0.6) is 0 Å². The summed E-state index contributed by atoms with van der Waals surface area (Å²) in [6, 6.07) is 5.43. The van der Waals surface area contributed by atoms with Crippen LogP contribution >= 0.6 is 24.0 Å². The zero-order chi connectivity index (χ0) is 16.1. The molecule has 0 atom stereocenters. The fourth-order valence-electron chi connectivity index (χ4n) is 1.23. The molecular weight excluding hydrogens is 338 g/mol. The first-order chi connectivity index (χ1) is 9.55. The lowest BCUT2D eigenvalue weighted by Gasteiger charge is -2.12. The molecule has 0 aliphatic carbocycles. The van der Waals surface area contributed by atoms with E-state index in [4.69, 9.17) is 0 Å². The van der Waals surface area contributed by atoms with Crippen molar-refractivity contribution in [2.24, 2.45) is 0 Å². The van der Waals surface area contributed by atoms with Crippen molar-refractivity contribution in [2.75, 3.05) is 6.54 Å². The molecule has 0 saturated carbocycles. The molecule has 0 unspecified atom stereocenters. The van der Waals surface area contributed by atoms with Crippen LogP contribution in [-0.2, 0) is 6.54 Å². The van der Waals surface area contributed by atoms with Crippen molar-refractivity contribution in [3.63, 3.8) is 0 Å². The second-order valence-electron chi connectivity index (χ2n) is 3.84. The molecule has 0 bridgehead atoms. The molecular formula is C11H10F6N2S2. The fraction of sp³-hybridized carbons (Fsp3) is 0.364. The Hall–Kier alpha value is -1.16. The van der Waals surface area contributed by atoms with Crippen LogP contribution < -0.4 is 10.6 Å². The predicted molar refractivity (Wildman–Crippen MR) is 71.8 cm³/mol. The van der Waals surface area contributed by atoms with Gasteiger partial charge in [-0.1, -0.05) is 12.1 Å². The maximum absolute atomic E-state index is 12.1.